The molecule has 1 aromatic heterocycles. The van der Waals surface area contributed by atoms with Crippen LogP contribution in [0, 0.1) is 17.2 Å². The number of nitrogens with one attached hydrogen (secondary N) is 1. The lowest BCUT2D eigenvalue weighted by atomic mass is 10.1. The molecule has 0 aromatic carbocycles. The van der Waals surface area contributed by atoms with Crippen molar-refractivity contribution in [2.24, 2.45) is 5.92 Å². The van der Waals surface area contributed by atoms with Crippen LogP contribution >= 0.6 is 0 Å². The number of sulfone groups is 1. The lowest BCUT2D eigenvalue weighted by Crippen LogP contribution is -2.23. The highest BCUT2D eigenvalue weighted by atomic mass is 32.2. The zero-order valence-corrected chi connectivity index (χ0v) is 10.8. The smallest absolute Gasteiger partial charge is 0.150 e. The van der Waals surface area contributed by atoms with Crippen molar-refractivity contribution in [3.63, 3.8) is 0 Å². The second-order valence-corrected chi connectivity index (χ2v) is 6.79. The Hall–Kier alpha value is -1.45. The molecule has 1 aromatic rings. The fourth-order valence-electron chi connectivity index (χ4n) is 2.10. The second kappa shape index (κ2) is 5.46. The average Bonchev–Trinajstić information content (AvgIpc) is 2.69. The van der Waals surface area contributed by atoms with Crippen LogP contribution in [-0.2, 0) is 16.4 Å². The third kappa shape index (κ3) is 3.52. The number of nitrogens with zero attached hydrogens (tertiary/aromatic N) is 2. The highest BCUT2D eigenvalue weighted by Crippen LogP contribution is 2.17. The van der Waals surface area contributed by atoms with Crippen LogP contribution in [0.2, 0.25) is 0 Å². The number of hydrogen-bond donors (Lipinski definition) is 1. The molecule has 0 spiro atoms. The molecule has 2 heterocycles. The standard InChI is InChI=1S/C12H15N3O2S/c13-6-12-5-10(1-3-15-12)7-14-8-11-2-4-18(16,17)9-11/h1,3,5,11,14H,2,4,7-9H2. The summed E-state index contributed by atoms with van der Waals surface area (Å²) in [4.78, 5) is 3.89. The zero-order valence-electron chi connectivity index (χ0n) is 9.96. The lowest BCUT2D eigenvalue weighted by Gasteiger charge is -2.09. The number of pyridine rings is 1. The summed E-state index contributed by atoms with van der Waals surface area (Å²) in [6.07, 6.45) is 2.35. The summed E-state index contributed by atoms with van der Waals surface area (Å²) in [5.41, 5.74) is 1.39. The summed E-state index contributed by atoms with van der Waals surface area (Å²) < 4.78 is 22.6. The largest absolute Gasteiger partial charge is 0.312 e. The van der Waals surface area contributed by atoms with Gasteiger partial charge in [-0.15, -0.1) is 0 Å². The maximum Gasteiger partial charge on any atom is 0.150 e. The predicted octanol–water partition coefficient (Wildman–Crippen LogP) is 0.478. The van der Waals surface area contributed by atoms with E-state index in [1.807, 2.05) is 12.1 Å². The molecule has 2 rings (SSSR count). The van der Waals surface area contributed by atoms with Crippen molar-refractivity contribution in [2.45, 2.75) is 13.0 Å². The summed E-state index contributed by atoms with van der Waals surface area (Å²) in [5, 5.41) is 11.9. The monoisotopic (exact) mass is 265 g/mol. The molecule has 1 atom stereocenters. The summed E-state index contributed by atoms with van der Waals surface area (Å²) in [6.45, 7) is 1.33. The van der Waals surface area contributed by atoms with Gasteiger partial charge in [-0.2, -0.15) is 5.26 Å². The highest BCUT2D eigenvalue weighted by Gasteiger charge is 2.27. The maximum absolute atomic E-state index is 11.3. The van der Waals surface area contributed by atoms with E-state index in [1.54, 1.807) is 12.3 Å². The van der Waals surface area contributed by atoms with Crippen molar-refractivity contribution in [3.05, 3.63) is 29.6 Å². The Balaban J connectivity index is 1.81. The van der Waals surface area contributed by atoms with Crippen LogP contribution in [0.25, 0.3) is 0 Å². The molecule has 0 saturated carbocycles. The van der Waals surface area contributed by atoms with Crippen LogP contribution in [0.5, 0.6) is 0 Å². The van der Waals surface area contributed by atoms with Crippen molar-refractivity contribution < 1.29 is 8.42 Å². The van der Waals surface area contributed by atoms with E-state index in [0.29, 0.717) is 30.3 Å². The molecule has 1 unspecified atom stereocenters. The first kappa shape index (κ1) is 13.0. The molecule has 1 aliphatic rings. The molecule has 1 saturated heterocycles. The van der Waals surface area contributed by atoms with E-state index in [9.17, 15) is 8.42 Å². The van der Waals surface area contributed by atoms with E-state index >= 15 is 0 Å². The van der Waals surface area contributed by atoms with Crippen molar-refractivity contribution in [1.29, 1.82) is 5.26 Å². The minimum Gasteiger partial charge on any atom is -0.312 e. The molecule has 0 amide bonds. The van der Waals surface area contributed by atoms with Crippen LogP contribution in [0.1, 0.15) is 17.7 Å². The van der Waals surface area contributed by atoms with Gasteiger partial charge in [0.1, 0.15) is 11.8 Å². The van der Waals surface area contributed by atoms with Gasteiger partial charge >= 0.3 is 0 Å². The zero-order chi connectivity index (χ0) is 13.0. The molecule has 1 aliphatic heterocycles. The number of rotatable bonds is 4. The normalized spacial score (nSPS) is 21.6. The van der Waals surface area contributed by atoms with Gasteiger partial charge < -0.3 is 5.32 Å². The Labute approximate surface area is 107 Å². The van der Waals surface area contributed by atoms with Gasteiger partial charge in [0.15, 0.2) is 9.84 Å². The lowest BCUT2D eigenvalue weighted by molar-refractivity contribution is 0.520. The minimum absolute atomic E-state index is 0.215. The van der Waals surface area contributed by atoms with E-state index in [0.717, 1.165) is 12.0 Å². The summed E-state index contributed by atoms with van der Waals surface area (Å²) in [5.74, 6) is 0.819. The van der Waals surface area contributed by atoms with Crippen molar-refractivity contribution in [1.82, 2.24) is 10.3 Å². The minimum atomic E-state index is -2.79. The first-order chi connectivity index (χ1) is 8.59. The fraction of sp³-hybridized carbons (Fsp3) is 0.500. The molecule has 5 nitrogen and oxygen atoms in total. The molecular weight excluding hydrogens is 250 g/mol. The van der Waals surface area contributed by atoms with Crippen LogP contribution in [0.3, 0.4) is 0 Å². The van der Waals surface area contributed by atoms with Crippen LogP contribution in [0.4, 0.5) is 0 Å². The molecule has 0 aliphatic carbocycles. The SMILES string of the molecule is N#Cc1cc(CNCC2CCS(=O)(=O)C2)ccn1. The second-order valence-electron chi connectivity index (χ2n) is 4.56. The van der Waals surface area contributed by atoms with Crippen LogP contribution in [-0.4, -0.2) is 31.5 Å². The first-order valence-corrected chi connectivity index (χ1v) is 7.67. The first-order valence-electron chi connectivity index (χ1n) is 5.85. The van der Waals surface area contributed by atoms with E-state index in [2.05, 4.69) is 10.3 Å². The van der Waals surface area contributed by atoms with Gasteiger partial charge in [0.2, 0.25) is 0 Å². The van der Waals surface area contributed by atoms with Gasteiger partial charge in [0, 0.05) is 12.7 Å². The molecule has 6 heteroatoms. The molecule has 1 fully saturated rings. The highest BCUT2D eigenvalue weighted by molar-refractivity contribution is 7.91. The maximum atomic E-state index is 11.3. The Bertz CT molecular complexity index is 563. The molecule has 0 radical (unpaired) electrons. The number of hydrogen-bond acceptors (Lipinski definition) is 5. The van der Waals surface area contributed by atoms with Crippen LogP contribution < -0.4 is 5.32 Å². The van der Waals surface area contributed by atoms with Crippen LogP contribution in [0.15, 0.2) is 18.3 Å². The number of nitriles is 1. The Morgan fingerprint density at radius 3 is 3.06 bits per heavy atom. The summed E-state index contributed by atoms with van der Waals surface area (Å²) in [7, 11) is -2.79. The Kier molecular flexibility index (Phi) is 3.94. The van der Waals surface area contributed by atoms with Gasteiger partial charge in [-0.25, -0.2) is 13.4 Å². The van der Waals surface area contributed by atoms with Crippen molar-refractivity contribution in [3.8, 4) is 6.07 Å². The molecule has 96 valence electrons. The van der Waals surface area contributed by atoms with Gasteiger partial charge in [-0.05, 0) is 36.6 Å². The Morgan fingerprint density at radius 1 is 1.56 bits per heavy atom. The molecule has 1 N–H and O–H groups in total. The molecule has 0 bridgehead atoms. The summed E-state index contributed by atoms with van der Waals surface area (Å²) in [6, 6.07) is 5.57. The predicted molar refractivity (Wildman–Crippen MR) is 67.4 cm³/mol. The molecular formula is C12H15N3O2S. The third-order valence-corrected chi connectivity index (χ3v) is 4.86. The summed E-state index contributed by atoms with van der Waals surface area (Å²) >= 11 is 0. The van der Waals surface area contributed by atoms with E-state index in [-0.39, 0.29) is 5.92 Å². The van der Waals surface area contributed by atoms with E-state index < -0.39 is 9.84 Å². The topological polar surface area (TPSA) is 82.9 Å². The third-order valence-electron chi connectivity index (χ3n) is 3.03. The van der Waals surface area contributed by atoms with Gasteiger partial charge in [0.05, 0.1) is 11.5 Å². The quantitative estimate of drug-likeness (QED) is 0.856. The average molecular weight is 265 g/mol. The molecule has 18 heavy (non-hydrogen) atoms. The number of aromatic nitrogens is 1. The van der Waals surface area contributed by atoms with Gasteiger partial charge in [-0.1, -0.05) is 0 Å². The van der Waals surface area contributed by atoms with Gasteiger partial charge in [-0.3, -0.25) is 0 Å². The Morgan fingerprint density at radius 2 is 2.39 bits per heavy atom. The van der Waals surface area contributed by atoms with Crippen molar-refractivity contribution in [2.75, 3.05) is 18.1 Å². The van der Waals surface area contributed by atoms with Crippen molar-refractivity contribution >= 4 is 9.84 Å². The van der Waals surface area contributed by atoms with E-state index in [1.165, 1.54) is 0 Å². The van der Waals surface area contributed by atoms with E-state index in [4.69, 9.17) is 5.26 Å². The fourth-order valence-corrected chi connectivity index (χ4v) is 3.96. The van der Waals surface area contributed by atoms with Gasteiger partial charge in [0.25, 0.3) is 0 Å².